The number of benzene rings is 1. The maximum absolute atomic E-state index is 12.7. The molecule has 2 heterocycles. The van der Waals surface area contributed by atoms with Crippen molar-refractivity contribution in [1.82, 2.24) is 19.4 Å². The molecule has 1 saturated heterocycles. The lowest BCUT2D eigenvalue weighted by molar-refractivity contribution is -0.117. The van der Waals surface area contributed by atoms with E-state index in [1.807, 2.05) is 6.07 Å². The maximum Gasteiger partial charge on any atom is 0.326 e. The molecule has 1 fully saturated rings. The lowest BCUT2D eigenvalue weighted by Gasteiger charge is -2.19. The van der Waals surface area contributed by atoms with Gasteiger partial charge in [-0.15, -0.1) is 10.2 Å². The zero-order valence-corrected chi connectivity index (χ0v) is 16.5. The summed E-state index contributed by atoms with van der Waals surface area (Å²) in [6.07, 6.45) is 0. The van der Waals surface area contributed by atoms with Crippen molar-refractivity contribution in [3.05, 3.63) is 30.3 Å². The molecule has 1 N–H and O–H groups in total. The normalized spacial score (nSPS) is 17.6. The van der Waals surface area contributed by atoms with E-state index in [-0.39, 0.29) is 16.0 Å². The first-order valence-electron chi connectivity index (χ1n) is 7.88. The molecule has 0 radical (unpaired) electrons. The van der Waals surface area contributed by atoms with Gasteiger partial charge in [0.05, 0.1) is 6.54 Å². The van der Waals surface area contributed by atoms with Crippen molar-refractivity contribution in [2.45, 2.75) is 10.4 Å². The van der Waals surface area contributed by atoms with Crippen molar-refractivity contribution in [3.63, 3.8) is 0 Å². The van der Waals surface area contributed by atoms with Crippen LogP contribution in [0.25, 0.3) is 0 Å². The van der Waals surface area contributed by atoms with Crippen molar-refractivity contribution in [3.8, 4) is 0 Å². The van der Waals surface area contributed by atoms with E-state index in [0.717, 1.165) is 15.6 Å². The van der Waals surface area contributed by atoms with Crippen LogP contribution in [0, 0.1) is 0 Å². The van der Waals surface area contributed by atoms with Crippen molar-refractivity contribution in [2.24, 2.45) is 0 Å². The molecule has 144 valence electrons. The first-order valence-corrected chi connectivity index (χ1v) is 10.1. The van der Waals surface area contributed by atoms with Gasteiger partial charge in [0, 0.05) is 26.8 Å². The molecule has 0 spiro atoms. The molecule has 10 nitrogen and oxygen atoms in total. The zero-order valence-electron chi connectivity index (χ0n) is 14.9. The van der Waals surface area contributed by atoms with Crippen LogP contribution in [0.4, 0.5) is 15.6 Å². The molecule has 1 atom stereocenters. The molecule has 2 aromatic rings. The van der Waals surface area contributed by atoms with Gasteiger partial charge in [-0.2, -0.15) is 0 Å². The monoisotopic (exact) mass is 410 g/mol. The molecular weight excluding hydrogens is 392 g/mol. The Labute approximate surface area is 160 Å². The minimum absolute atomic E-state index is 0.0537. The first-order chi connectivity index (χ1) is 12.7. The van der Waals surface area contributed by atoms with E-state index < -0.39 is 28.0 Å². The summed E-state index contributed by atoms with van der Waals surface area (Å²) in [5.74, 6) is -0.397. The topological polar surface area (TPSA) is 116 Å². The van der Waals surface area contributed by atoms with E-state index in [2.05, 4.69) is 15.5 Å². The number of carbonyl (C=O) groups excluding carboxylic acids is 2. The van der Waals surface area contributed by atoms with Crippen molar-refractivity contribution < 1.29 is 18.0 Å². The van der Waals surface area contributed by atoms with Crippen LogP contribution in [0.2, 0.25) is 0 Å². The van der Waals surface area contributed by atoms with Crippen LogP contribution in [0.15, 0.2) is 34.7 Å². The highest BCUT2D eigenvalue weighted by molar-refractivity contribution is 7.91. The second kappa shape index (κ2) is 7.21. The standard InChI is InChI=1S/C15H18N6O4S2/c1-19(2)27(24,25)14-18-17-13(26-14)21-11(9-20(3)15(21)23)12(22)16-10-7-5-4-6-8-10/h4-8,11H,9H2,1-3H3,(H,16,22). The number of rotatable bonds is 5. The second-order valence-corrected chi connectivity index (χ2v) is 9.32. The minimum Gasteiger partial charge on any atom is -0.325 e. The van der Waals surface area contributed by atoms with Gasteiger partial charge in [0.25, 0.3) is 10.0 Å². The molecule has 1 unspecified atom stereocenters. The van der Waals surface area contributed by atoms with E-state index in [9.17, 15) is 18.0 Å². The predicted octanol–water partition coefficient (Wildman–Crippen LogP) is 0.667. The highest BCUT2D eigenvalue weighted by Gasteiger charge is 2.43. The fourth-order valence-corrected chi connectivity index (χ4v) is 4.63. The van der Waals surface area contributed by atoms with E-state index in [0.29, 0.717) is 5.69 Å². The molecule has 1 aromatic carbocycles. The number of sulfonamides is 1. The Hall–Kier alpha value is -2.57. The van der Waals surface area contributed by atoms with E-state index >= 15 is 0 Å². The van der Waals surface area contributed by atoms with Gasteiger partial charge in [-0.05, 0) is 12.1 Å². The second-order valence-electron chi connectivity index (χ2n) is 6.04. The zero-order chi connectivity index (χ0) is 19.8. The van der Waals surface area contributed by atoms with Crippen molar-refractivity contribution >= 4 is 44.1 Å². The maximum atomic E-state index is 12.7. The number of hydrogen-bond donors (Lipinski definition) is 1. The number of nitrogens with one attached hydrogen (secondary N) is 1. The fourth-order valence-electron chi connectivity index (χ4n) is 2.46. The average molecular weight is 410 g/mol. The summed E-state index contributed by atoms with van der Waals surface area (Å²) in [6.45, 7) is 0.146. The number of likely N-dealkylation sites (N-methyl/N-ethyl adjacent to an activating group) is 1. The van der Waals surface area contributed by atoms with Crippen LogP contribution in [-0.2, 0) is 14.8 Å². The van der Waals surface area contributed by atoms with Crippen LogP contribution < -0.4 is 10.2 Å². The molecule has 0 saturated carbocycles. The highest BCUT2D eigenvalue weighted by atomic mass is 32.2. The SMILES string of the molecule is CN1CC(C(=O)Nc2ccccc2)N(c2nnc(S(=O)(=O)N(C)C)s2)C1=O. The van der Waals surface area contributed by atoms with E-state index in [1.165, 1.54) is 23.9 Å². The lowest BCUT2D eigenvalue weighted by atomic mass is 10.2. The largest absolute Gasteiger partial charge is 0.326 e. The Morgan fingerprint density at radius 3 is 2.56 bits per heavy atom. The molecule has 0 aliphatic carbocycles. The predicted molar refractivity (Wildman–Crippen MR) is 100 cm³/mol. The number of nitrogens with zero attached hydrogens (tertiary/aromatic N) is 5. The number of amides is 3. The van der Waals surface area contributed by atoms with Crippen LogP contribution >= 0.6 is 11.3 Å². The number of carbonyl (C=O) groups is 2. The molecule has 27 heavy (non-hydrogen) atoms. The number of anilines is 2. The van der Waals surface area contributed by atoms with Crippen LogP contribution in [0.5, 0.6) is 0 Å². The molecule has 3 amide bonds. The molecule has 1 aliphatic heterocycles. The summed E-state index contributed by atoms with van der Waals surface area (Å²) in [5.41, 5.74) is 0.595. The number of hydrogen-bond acceptors (Lipinski definition) is 7. The van der Waals surface area contributed by atoms with Crippen LogP contribution in [0.3, 0.4) is 0 Å². The Balaban J connectivity index is 1.89. The first kappa shape index (κ1) is 19.2. The summed E-state index contributed by atoms with van der Waals surface area (Å²) >= 11 is 0.745. The van der Waals surface area contributed by atoms with Gasteiger partial charge in [0.2, 0.25) is 15.4 Å². The highest BCUT2D eigenvalue weighted by Crippen LogP contribution is 2.30. The van der Waals surface area contributed by atoms with Gasteiger partial charge in [-0.3, -0.25) is 9.69 Å². The smallest absolute Gasteiger partial charge is 0.325 e. The van der Waals surface area contributed by atoms with Gasteiger partial charge >= 0.3 is 6.03 Å². The van der Waals surface area contributed by atoms with Crippen molar-refractivity contribution in [2.75, 3.05) is 37.9 Å². The molecule has 3 rings (SSSR count). The molecule has 1 aliphatic rings. The number of para-hydroxylation sites is 1. The average Bonchev–Trinajstić information content (AvgIpc) is 3.21. The summed E-state index contributed by atoms with van der Waals surface area (Å²) in [5, 5.41) is 10.3. The molecule has 1 aromatic heterocycles. The number of urea groups is 1. The summed E-state index contributed by atoms with van der Waals surface area (Å²) in [4.78, 5) is 27.8. The van der Waals surface area contributed by atoms with Gasteiger partial charge < -0.3 is 10.2 Å². The molecule has 12 heteroatoms. The Morgan fingerprint density at radius 1 is 1.26 bits per heavy atom. The summed E-state index contributed by atoms with van der Waals surface area (Å²) in [7, 11) is 0.535. The third-order valence-electron chi connectivity index (χ3n) is 3.94. The van der Waals surface area contributed by atoms with Gasteiger partial charge in [0.15, 0.2) is 0 Å². The summed E-state index contributed by atoms with van der Waals surface area (Å²) < 4.78 is 25.2. The van der Waals surface area contributed by atoms with Crippen molar-refractivity contribution in [1.29, 1.82) is 0 Å². The fraction of sp³-hybridized carbons (Fsp3) is 0.333. The van der Waals surface area contributed by atoms with E-state index in [1.54, 1.807) is 31.3 Å². The van der Waals surface area contributed by atoms with Gasteiger partial charge in [-0.1, -0.05) is 29.5 Å². The molecule has 0 bridgehead atoms. The lowest BCUT2D eigenvalue weighted by Crippen LogP contribution is -2.42. The van der Waals surface area contributed by atoms with Gasteiger partial charge in [0.1, 0.15) is 6.04 Å². The third kappa shape index (κ3) is 3.63. The third-order valence-corrected chi connectivity index (χ3v) is 7.02. The van der Waals surface area contributed by atoms with Gasteiger partial charge in [-0.25, -0.2) is 17.5 Å². The van der Waals surface area contributed by atoms with Crippen LogP contribution in [-0.4, -0.2) is 73.5 Å². The number of aromatic nitrogens is 2. The summed E-state index contributed by atoms with van der Waals surface area (Å²) in [6, 6.07) is 7.54. The van der Waals surface area contributed by atoms with Crippen LogP contribution in [0.1, 0.15) is 0 Å². The Bertz CT molecular complexity index is 960. The minimum atomic E-state index is -3.78. The Kier molecular flexibility index (Phi) is 5.13. The van der Waals surface area contributed by atoms with E-state index in [4.69, 9.17) is 0 Å². The molecular formula is C15H18N6O4S2. The quantitative estimate of drug-likeness (QED) is 0.724. The Morgan fingerprint density at radius 2 is 1.93 bits per heavy atom.